The Morgan fingerprint density at radius 3 is 2.56 bits per heavy atom. The van der Waals surface area contributed by atoms with Crippen molar-refractivity contribution in [1.82, 2.24) is 4.98 Å². The van der Waals surface area contributed by atoms with Crippen LogP contribution in [0.25, 0.3) is 22.0 Å². The zero-order valence-corrected chi connectivity index (χ0v) is 16.4. The van der Waals surface area contributed by atoms with E-state index in [-0.39, 0.29) is 5.91 Å². The number of nitrogens with one attached hydrogen (secondary N) is 1. The number of aromatic nitrogens is 1. The number of nitrogens with zero attached hydrogens (tertiary/aromatic N) is 1. The van der Waals surface area contributed by atoms with Crippen LogP contribution in [-0.2, 0) is 4.79 Å². The minimum absolute atomic E-state index is 0.0403. The highest BCUT2D eigenvalue weighted by Gasteiger charge is 2.12. The number of hydrogen-bond acceptors (Lipinski definition) is 4. The third-order valence-corrected chi connectivity index (χ3v) is 6.06. The predicted octanol–water partition coefficient (Wildman–Crippen LogP) is 6.00. The van der Waals surface area contributed by atoms with E-state index in [9.17, 15) is 4.79 Å². The second kappa shape index (κ2) is 7.94. The molecule has 0 aliphatic heterocycles. The Hall–Kier alpha value is -2.63. The van der Waals surface area contributed by atoms with Crippen LogP contribution in [-0.4, -0.2) is 16.6 Å². The van der Waals surface area contributed by atoms with Gasteiger partial charge >= 0.3 is 0 Å². The molecule has 0 spiro atoms. The van der Waals surface area contributed by atoms with Crippen LogP contribution < -0.4 is 5.32 Å². The van der Waals surface area contributed by atoms with Gasteiger partial charge in [0.1, 0.15) is 0 Å². The summed E-state index contributed by atoms with van der Waals surface area (Å²) in [6.45, 7) is 2.03. The SMILES string of the molecule is Cc1sc(NC(=O)CSc2ccc3ccccc3c2)nc1-c1ccccc1. The molecular weight excluding hydrogens is 372 g/mol. The fraction of sp³-hybridized carbons (Fsp3) is 0.0909. The quantitative estimate of drug-likeness (QED) is 0.425. The van der Waals surface area contributed by atoms with Gasteiger partial charge in [0.05, 0.1) is 11.4 Å². The molecule has 5 heteroatoms. The second-order valence-corrected chi connectivity index (χ2v) is 8.39. The molecule has 0 radical (unpaired) electrons. The first-order chi connectivity index (χ1) is 13.2. The molecular formula is C22H18N2OS2. The standard InChI is InChI=1S/C22H18N2OS2/c1-15-21(17-8-3-2-4-9-17)24-22(27-15)23-20(25)14-26-19-12-11-16-7-5-6-10-18(16)13-19/h2-13H,14H2,1H3,(H,23,24,25). The lowest BCUT2D eigenvalue weighted by atomic mass is 10.1. The molecule has 1 heterocycles. The van der Waals surface area contributed by atoms with E-state index in [2.05, 4.69) is 40.6 Å². The summed E-state index contributed by atoms with van der Waals surface area (Å²) in [6, 6.07) is 24.5. The Labute approximate surface area is 166 Å². The average molecular weight is 391 g/mol. The van der Waals surface area contributed by atoms with Gasteiger partial charge < -0.3 is 5.32 Å². The highest BCUT2D eigenvalue weighted by atomic mass is 32.2. The Morgan fingerprint density at radius 1 is 1.00 bits per heavy atom. The first-order valence-electron chi connectivity index (χ1n) is 8.63. The maximum atomic E-state index is 12.3. The van der Waals surface area contributed by atoms with Gasteiger partial charge in [-0.2, -0.15) is 0 Å². The molecule has 27 heavy (non-hydrogen) atoms. The summed E-state index contributed by atoms with van der Waals surface area (Å²) in [5.74, 6) is 0.319. The number of amides is 1. The number of rotatable bonds is 5. The van der Waals surface area contributed by atoms with Crippen LogP contribution in [0.1, 0.15) is 4.88 Å². The van der Waals surface area contributed by atoms with Crippen LogP contribution in [0.2, 0.25) is 0 Å². The molecule has 0 atom stereocenters. The smallest absolute Gasteiger partial charge is 0.236 e. The third-order valence-electron chi connectivity index (χ3n) is 4.18. The molecule has 4 aromatic rings. The van der Waals surface area contributed by atoms with Crippen molar-refractivity contribution in [3.8, 4) is 11.3 Å². The molecule has 0 fully saturated rings. The summed E-state index contributed by atoms with van der Waals surface area (Å²) in [5.41, 5.74) is 2.00. The zero-order chi connectivity index (χ0) is 18.6. The van der Waals surface area contributed by atoms with Gasteiger partial charge in [0.25, 0.3) is 0 Å². The van der Waals surface area contributed by atoms with Crippen molar-refractivity contribution in [2.75, 3.05) is 11.1 Å². The van der Waals surface area contributed by atoms with Gasteiger partial charge in [-0.25, -0.2) is 4.98 Å². The predicted molar refractivity (Wildman–Crippen MR) is 116 cm³/mol. The highest BCUT2D eigenvalue weighted by Crippen LogP contribution is 2.30. The highest BCUT2D eigenvalue weighted by molar-refractivity contribution is 8.00. The molecule has 1 amide bonds. The normalized spacial score (nSPS) is 10.9. The Kier molecular flexibility index (Phi) is 5.23. The first-order valence-corrected chi connectivity index (χ1v) is 10.4. The van der Waals surface area contributed by atoms with E-state index in [0.717, 1.165) is 21.0 Å². The van der Waals surface area contributed by atoms with Gasteiger partial charge in [-0.3, -0.25) is 4.79 Å². The number of thioether (sulfide) groups is 1. The molecule has 0 saturated carbocycles. The maximum absolute atomic E-state index is 12.3. The van der Waals surface area contributed by atoms with Crippen molar-refractivity contribution in [3.05, 3.63) is 77.7 Å². The molecule has 134 valence electrons. The maximum Gasteiger partial charge on any atom is 0.236 e. The van der Waals surface area contributed by atoms with Gasteiger partial charge in [-0.05, 0) is 29.8 Å². The molecule has 0 saturated heterocycles. The van der Waals surface area contributed by atoms with Crippen molar-refractivity contribution < 1.29 is 4.79 Å². The van der Waals surface area contributed by atoms with Gasteiger partial charge in [-0.1, -0.05) is 60.7 Å². The van der Waals surface area contributed by atoms with Gasteiger partial charge in [0, 0.05) is 15.3 Å². The van der Waals surface area contributed by atoms with Crippen molar-refractivity contribution in [1.29, 1.82) is 0 Å². The number of benzene rings is 3. The summed E-state index contributed by atoms with van der Waals surface area (Å²) in [5, 5.41) is 5.97. The van der Waals surface area contributed by atoms with Gasteiger partial charge in [0.15, 0.2) is 5.13 Å². The van der Waals surface area contributed by atoms with E-state index < -0.39 is 0 Å². The Balaban J connectivity index is 1.40. The minimum atomic E-state index is -0.0403. The van der Waals surface area contributed by atoms with E-state index in [0.29, 0.717) is 10.9 Å². The number of aryl methyl sites for hydroxylation is 1. The van der Waals surface area contributed by atoms with Crippen LogP contribution in [0.5, 0.6) is 0 Å². The number of anilines is 1. The molecule has 0 aliphatic rings. The van der Waals surface area contributed by atoms with Crippen molar-refractivity contribution in [2.24, 2.45) is 0 Å². The lowest BCUT2D eigenvalue weighted by Crippen LogP contribution is -2.13. The topological polar surface area (TPSA) is 42.0 Å². The monoisotopic (exact) mass is 390 g/mol. The number of carbonyl (C=O) groups is 1. The molecule has 0 unspecified atom stereocenters. The van der Waals surface area contributed by atoms with Crippen LogP contribution in [0.4, 0.5) is 5.13 Å². The largest absolute Gasteiger partial charge is 0.301 e. The fourth-order valence-electron chi connectivity index (χ4n) is 2.88. The van der Waals surface area contributed by atoms with E-state index in [1.54, 1.807) is 0 Å². The van der Waals surface area contributed by atoms with E-state index in [1.165, 1.54) is 33.9 Å². The molecule has 3 nitrogen and oxygen atoms in total. The molecule has 1 aromatic heterocycles. The Bertz CT molecular complexity index is 1090. The lowest BCUT2D eigenvalue weighted by Gasteiger charge is -2.04. The number of hydrogen-bond donors (Lipinski definition) is 1. The molecule has 4 rings (SSSR count). The zero-order valence-electron chi connectivity index (χ0n) is 14.8. The molecule has 0 aliphatic carbocycles. The van der Waals surface area contributed by atoms with E-state index >= 15 is 0 Å². The third kappa shape index (κ3) is 4.21. The number of carbonyl (C=O) groups excluding carboxylic acids is 1. The van der Waals surface area contributed by atoms with Crippen molar-refractivity contribution in [3.63, 3.8) is 0 Å². The number of fused-ring (bicyclic) bond motifs is 1. The lowest BCUT2D eigenvalue weighted by molar-refractivity contribution is -0.113. The molecule has 1 N–H and O–H groups in total. The van der Waals surface area contributed by atoms with Crippen LogP contribution in [0.15, 0.2) is 77.7 Å². The van der Waals surface area contributed by atoms with Crippen LogP contribution in [0.3, 0.4) is 0 Å². The summed E-state index contributed by atoms with van der Waals surface area (Å²) < 4.78 is 0. The average Bonchev–Trinajstić information content (AvgIpc) is 3.07. The van der Waals surface area contributed by atoms with Crippen LogP contribution >= 0.6 is 23.1 Å². The number of thiazole rings is 1. The Morgan fingerprint density at radius 2 is 1.74 bits per heavy atom. The second-order valence-electron chi connectivity index (χ2n) is 6.14. The van der Waals surface area contributed by atoms with Gasteiger partial charge in [-0.15, -0.1) is 23.1 Å². The minimum Gasteiger partial charge on any atom is -0.301 e. The van der Waals surface area contributed by atoms with Gasteiger partial charge in [0.2, 0.25) is 5.91 Å². The molecule has 0 bridgehead atoms. The van der Waals surface area contributed by atoms with E-state index in [1.807, 2.05) is 49.4 Å². The fourth-order valence-corrected chi connectivity index (χ4v) is 4.47. The van der Waals surface area contributed by atoms with Crippen LogP contribution in [0, 0.1) is 6.92 Å². The van der Waals surface area contributed by atoms with Crippen molar-refractivity contribution in [2.45, 2.75) is 11.8 Å². The van der Waals surface area contributed by atoms with Crippen molar-refractivity contribution >= 4 is 44.9 Å². The summed E-state index contributed by atoms with van der Waals surface area (Å²) >= 11 is 3.04. The summed E-state index contributed by atoms with van der Waals surface area (Å²) in [7, 11) is 0. The van der Waals surface area contributed by atoms with E-state index in [4.69, 9.17) is 0 Å². The molecule has 3 aromatic carbocycles. The first kappa shape index (κ1) is 17.8. The summed E-state index contributed by atoms with van der Waals surface area (Å²) in [4.78, 5) is 19.1. The summed E-state index contributed by atoms with van der Waals surface area (Å²) in [6.07, 6.45) is 0.